The summed E-state index contributed by atoms with van der Waals surface area (Å²) in [7, 11) is 1.64. The van der Waals surface area contributed by atoms with Crippen molar-refractivity contribution in [3.05, 3.63) is 36.7 Å². The van der Waals surface area contributed by atoms with Crippen molar-refractivity contribution in [2.24, 2.45) is 0 Å². The lowest BCUT2D eigenvalue weighted by molar-refractivity contribution is 0.353. The second kappa shape index (κ2) is 4.72. The fourth-order valence-electron chi connectivity index (χ4n) is 1.51. The molecule has 1 aromatic heterocycles. The minimum atomic E-state index is -0.0402. The first-order valence-electron chi connectivity index (χ1n) is 5.86. The Morgan fingerprint density at radius 1 is 1.00 bits per heavy atom. The van der Waals surface area contributed by atoms with Crippen molar-refractivity contribution in [2.75, 3.05) is 7.11 Å². The maximum atomic E-state index is 5.71. The summed E-state index contributed by atoms with van der Waals surface area (Å²) in [6, 6.07) is 7.47. The number of hydrogen-bond acceptors (Lipinski definition) is 3. The van der Waals surface area contributed by atoms with Gasteiger partial charge in [-0.2, -0.15) is 5.10 Å². The predicted octanol–water partition coefficient (Wildman–Crippen LogP) is 3.44. The van der Waals surface area contributed by atoms with E-state index in [1.807, 2.05) is 35.1 Å². The molecule has 0 N–H and O–H groups in total. The van der Waals surface area contributed by atoms with Gasteiger partial charge in [0.05, 0.1) is 25.0 Å². The Kier molecular flexibility index (Phi) is 3.28. The Hall–Kier alpha value is -1.97. The Morgan fingerprint density at radius 2 is 1.61 bits per heavy atom. The van der Waals surface area contributed by atoms with Gasteiger partial charge < -0.3 is 9.47 Å². The van der Waals surface area contributed by atoms with Crippen LogP contribution in [0, 0.1) is 0 Å². The fraction of sp³-hybridized carbons (Fsp3) is 0.357. The van der Waals surface area contributed by atoms with Crippen LogP contribution in [0.1, 0.15) is 20.8 Å². The van der Waals surface area contributed by atoms with Gasteiger partial charge in [0.1, 0.15) is 11.5 Å². The Bertz CT molecular complexity index is 509. The maximum absolute atomic E-state index is 5.71. The van der Waals surface area contributed by atoms with Crippen LogP contribution in [0.5, 0.6) is 17.2 Å². The monoisotopic (exact) mass is 246 g/mol. The minimum absolute atomic E-state index is 0.0402. The first kappa shape index (κ1) is 12.5. The summed E-state index contributed by atoms with van der Waals surface area (Å²) < 4.78 is 12.7. The molecule has 18 heavy (non-hydrogen) atoms. The van der Waals surface area contributed by atoms with Crippen LogP contribution in [0.25, 0.3) is 0 Å². The molecule has 4 nitrogen and oxygen atoms in total. The van der Waals surface area contributed by atoms with Gasteiger partial charge in [0, 0.05) is 0 Å². The van der Waals surface area contributed by atoms with Crippen LogP contribution in [0.15, 0.2) is 36.7 Å². The van der Waals surface area contributed by atoms with E-state index in [1.165, 1.54) is 0 Å². The van der Waals surface area contributed by atoms with E-state index < -0.39 is 0 Å². The molecule has 0 aliphatic carbocycles. The van der Waals surface area contributed by atoms with E-state index in [2.05, 4.69) is 25.9 Å². The number of nitrogens with zero attached hydrogens (tertiary/aromatic N) is 2. The molecule has 4 heteroatoms. The van der Waals surface area contributed by atoms with Gasteiger partial charge in [0.15, 0.2) is 5.75 Å². The number of aromatic nitrogens is 2. The quantitative estimate of drug-likeness (QED) is 0.832. The topological polar surface area (TPSA) is 36.3 Å². The molecule has 96 valence electrons. The summed E-state index contributed by atoms with van der Waals surface area (Å²) in [6.07, 6.45) is 3.61. The van der Waals surface area contributed by atoms with Crippen LogP contribution in [0.4, 0.5) is 0 Å². The van der Waals surface area contributed by atoms with Crippen molar-refractivity contribution in [1.82, 2.24) is 9.78 Å². The van der Waals surface area contributed by atoms with Crippen LogP contribution in [0.3, 0.4) is 0 Å². The smallest absolute Gasteiger partial charge is 0.165 e. The van der Waals surface area contributed by atoms with E-state index in [9.17, 15) is 0 Å². The number of rotatable bonds is 3. The second-order valence-electron chi connectivity index (χ2n) is 5.07. The summed E-state index contributed by atoms with van der Waals surface area (Å²) in [5.41, 5.74) is -0.0402. The zero-order chi connectivity index (χ0) is 13.2. The average Bonchev–Trinajstić information content (AvgIpc) is 2.78. The molecule has 0 aliphatic rings. The molecule has 0 saturated heterocycles. The summed E-state index contributed by atoms with van der Waals surface area (Å²) in [5.74, 6) is 2.31. The van der Waals surface area contributed by atoms with Crippen molar-refractivity contribution >= 4 is 0 Å². The van der Waals surface area contributed by atoms with E-state index in [0.29, 0.717) is 0 Å². The summed E-state index contributed by atoms with van der Waals surface area (Å²) in [5, 5.41) is 4.28. The SMILES string of the molecule is COc1ccc(Oc2cnn(C(C)(C)C)c2)cc1. The van der Waals surface area contributed by atoms with Crippen LogP contribution < -0.4 is 9.47 Å². The predicted molar refractivity (Wildman–Crippen MR) is 70.3 cm³/mol. The molecular formula is C14H18N2O2. The largest absolute Gasteiger partial charge is 0.497 e. The first-order valence-corrected chi connectivity index (χ1v) is 5.86. The second-order valence-corrected chi connectivity index (χ2v) is 5.07. The van der Waals surface area contributed by atoms with Crippen molar-refractivity contribution in [3.63, 3.8) is 0 Å². The van der Waals surface area contributed by atoms with E-state index in [1.54, 1.807) is 13.3 Å². The standard InChI is InChI=1S/C14H18N2O2/c1-14(2,3)16-10-13(9-15-16)18-12-7-5-11(17-4)6-8-12/h5-10H,1-4H3. The molecule has 2 rings (SSSR count). The Labute approximate surface area is 107 Å². The number of methoxy groups -OCH3 is 1. The van der Waals surface area contributed by atoms with E-state index in [4.69, 9.17) is 9.47 Å². The van der Waals surface area contributed by atoms with Crippen molar-refractivity contribution in [2.45, 2.75) is 26.3 Å². The molecule has 2 aromatic rings. The summed E-state index contributed by atoms with van der Waals surface area (Å²) in [4.78, 5) is 0. The molecule has 0 unspecified atom stereocenters. The normalized spacial score (nSPS) is 11.3. The lowest BCUT2D eigenvalue weighted by Crippen LogP contribution is -2.21. The molecule has 0 amide bonds. The third-order valence-electron chi connectivity index (χ3n) is 2.54. The molecule has 0 radical (unpaired) electrons. The highest BCUT2D eigenvalue weighted by Gasteiger charge is 2.14. The highest BCUT2D eigenvalue weighted by molar-refractivity contribution is 5.34. The third kappa shape index (κ3) is 2.83. The van der Waals surface area contributed by atoms with Crippen LogP contribution >= 0.6 is 0 Å². The van der Waals surface area contributed by atoms with Gasteiger partial charge in [-0.05, 0) is 45.0 Å². The first-order chi connectivity index (χ1) is 8.49. The van der Waals surface area contributed by atoms with E-state index >= 15 is 0 Å². The molecule has 0 spiro atoms. The molecule has 1 aromatic carbocycles. The average molecular weight is 246 g/mol. The van der Waals surface area contributed by atoms with Crippen molar-refractivity contribution in [1.29, 1.82) is 0 Å². The minimum Gasteiger partial charge on any atom is -0.497 e. The van der Waals surface area contributed by atoms with E-state index in [-0.39, 0.29) is 5.54 Å². The summed E-state index contributed by atoms with van der Waals surface area (Å²) in [6.45, 7) is 6.28. The number of benzene rings is 1. The van der Waals surface area contributed by atoms with Gasteiger partial charge in [-0.25, -0.2) is 0 Å². The van der Waals surface area contributed by atoms with Crippen molar-refractivity contribution in [3.8, 4) is 17.2 Å². The van der Waals surface area contributed by atoms with Crippen LogP contribution in [-0.2, 0) is 5.54 Å². The zero-order valence-electron chi connectivity index (χ0n) is 11.2. The molecule has 0 aliphatic heterocycles. The lowest BCUT2D eigenvalue weighted by Gasteiger charge is -2.18. The van der Waals surface area contributed by atoms with Gasteiger partial charge >= 0.3 is 0 Å². The molecule has 0 saturated carbocycles. The maximum Gasteiger partial charge on any atom is 0.165 e. The Balaban J connectivity index is 2.11. The van der Waals surface area contributed by atoms with Gasteiger partial charge in [-0.15, -0.1) is 0 Å². The highest BCUT2D eigenvalue weighted by atomic mass is 16.5. The number of hydrogen-bond donors (Lipinski definition) is 0. The van der Waals surface area contributed by atoms with Crippen molar-refractivity contribution < 1.29 is 9.47 Å². The van der Waals surface area contributed by atoms with Crippen LogP contribution in [-0.4, -0.2) is 16.9 Å². The van der Waals surface area contributed by atoms with E-state index in [0.717, 1.165) is 17.2 Å². The lowest BCUT2D eigenvalue weighted by atomic mass is 10.1. The summed E-state index contributed by atoms with van der Waals surface area (Å²) >= 11 is 0. The highest BCUT2D eigenvalue weighted by Crippen LogP contribution is 2.24. The zero-order valence-corrected chi connectivity index (χ0v) is 11.2. The molecule has 0 bridgehead atoms. The Morgan fingerprint density at radius 3 is 2.11 bits per heavy atom. The van der Waals surface area contributed by atoms with Gasteiger partial charge in [0.25, 0.3) is 0 Å². The van der Waals surface area contributed by atoms with Crippen LogP contribution in [0.2, 0.25) is 0 Å². The third-order valence-corrected chi connectivity index (χ3v) is 2.54. The van der Waals surface area contributed by atoms with Gasteiger partial charge in [-0.3, -0.25) is 4.68 Å². The molecule has 0 fully saturated rings. The number of ether oxygens (including phenoxy) is 2. The van der Waals surface area contributed by atoms with Gasteiger partial charge in [0.2, 0.25) is 0 Å². The molecule has 1 heterocycles. The molecular weight excluding hydrogens is 228 g/mol. The van der Waals surface area contributed by atoms with Gasteiger partial charge in [-0.1, -0.05) is 0 Å². The molecule has 0 atom stereocenters. The fourth-order valence-corrected chi connectivity index (χ4v) is 1.51.